The van der Waals surface area contributed by atoms with Crippen molar-refractivity contribution in [2.24, 2.45) is 4.99 Å². The number of nitrogens with zero attached hydrogens (tertiary/aromatic N) is 3. The van der Waals surface area contributed by atoms with Crippen LogP contribution in [0.4, 0.5) is 8.78 Å². The average Bonchev–Trinajstić information content (AvgIpc) is 3.25. The third kappa shape index (κ3) is 5.21. The molecule has 2 aliphatic rings. The second-order valence-corrected chi connectivity index (χ2v) is 9.31. The number of rotatable bonds is 8. The molecule has 6 nitrogen and oxygen atoms in total. The molecule has 1 atom stereocenters. The first-order valence-corrected chi connectivity index (χ1v) is 12.7. The molecule has 188 valence electrons. The first kappa shape index (κ1) is 25.6. The number of nitrogens with one attached hydrogen (secondary N) is 1. The van der Waals surface area contributed by atoms with E-state index in [0.29, 0.717) is 40.8 Å². The Balaban J connectivity index is 1.63. The lowest BCUT2D eigenvalue weighted by atomic mass is 9.92. The van der Waals surface area contributed by atoms with Crippen molar-refractivity contribution in [3.05, 3.63) is 93.7 Å². The molecule has 2 heterocycles. The minimum absolute atomic E-state index is 0.0178. The molecule has 2 aliphatic heterocycles. The highest BCUT2D eigenvalue weighted by molar-refractivity contribution is 8.16. The van der Waals surface area contributed by atoms with Gasteiger partial charge in [-0.2, -0.15) is 0 Å². The molecule has 0 saturated heterocycles. The number of aliphatic imine (C=N–C) groups is 1. The molecule has 2 aromatic rings. The molecule has 1 N–H and O–H groups in total. The number of amides is 2. The van der Waals surface area contributed by atoms with Crippen LogP contribution >= 0.6 is 11.8 Å². The second kappa shape index (κ2) is 11.1. The minimum Gasteiger partial charge on any atom is -0.352 e. The maximum absolute atomic E-state index is 15.1. The van der Waals surface area contributed by atoms with Crippen molar-refractivity contribution in [1.29, 1.82) is 0 Å². The molecule has 9 heteroatoms. The van der Waals surface area contributed by atoms with Crippen LogP contribution < -0.4 is 5.32 Å². The van der Waals surface area contributed by atoms with Gasteiger partial charge < -0.3 is 15.1 Å². The number of thioether (sulfide) groups is 1. The van der Waals surface area contributed by atoms with Gasteiger partial charge in [0, 0.05) is 30.9 Å². The van der Waals surface area contributed by atoms with E-state index < -0.39 is 11.9 Å². The van der Waals surface area contributed by atoms with Gasteiger partial charge >= 0.3 is 0 Å². The largest absolute Gasteiger partial charge is 0.352 e. The highest BCUT2D eigenvalue weighted by atomic mass is 32.2. The Morgan fingerprint density at radius 1 is 1.08 bits per heavy atom. The fraction of sp³-hybridized carbons (Fsp3) is 0.296. The molecular formula is C27H28F2N4O2S. The molecule has 0 fully saturated rings. The topological polar surface area (TPSA) is 65.0 Å². The minimum atomic E-state index is -0.752. The van der Waals surface area contributed by atoms with Gasteiger partial charge in [-0.1, -0.05) is 42.1 Å². The number of likely N-dealkylation sites (N-methyl/N-ethyl adjacent to an activating group) is 1. The fourth-order valence-corrected chi connectivity index (χ4v) is 5.31. The number of benzene rings is 2. The molecular weight excluding hydrogens is 482 g/mol. The van der Waals surface area contributed by atoms with E-state index in [0.717, 1.165) is 5.56 Å². The zero-order valence-electron chi connectivity index (χ0n) is 20.4. The van der Waals surface area contributed by atoms with Crippen molar-refractivity contribution in [2.45, 2.75) is 39.8 Å². The zero-order valence-corrected chi connectivity index (χ0v) is 21.2. The van der Waals surface area contributed by atoms with Crippen molar-refractivity contribution < 1.29 is 18.4 Å². The van der Waals surface area contributed by atoms with E-state index in [9.17, 15) is 14.0 Å². The Labute approximate surface area is 213 Å². The van der Waals surface area contributed by atoms with E-state index in [1.165, 1.54) is 30.0 Å². The van der Waals surface area contributed by atoms with Gasteiger partial charge in [-0.15, -0.1) is 0 Å². The lowest BCUT2D eigenvalue weighted by Crippen LogP contribution is -2.42. The summed E-state index contributed by atoms with van der Waals surface area (Å²) in [7, 11) is 0. The molecule has 4 rings (SSSR count). The number of allylic oxidation sites excluding steroid dienone is 1. The summed E-state index contributed by atoms with van der Waals surface area (Å²) in [5, 5.41) is 5.26. The van der Waals surface area contributed by atoms with E-state index in [-0.39, 0.29) is 30.6 Å². The van der Waals surface area contributed by atoms with Gasteiger partial charge in [0.25, 0.3) is 5.91 Å². The van der Waals surface area contributed by atoms with E-state index in [4.69, 9.17) is 0 Å². The van der Waals surface area contributed by atoms with Crippen LogP contribution in [0, 0.1) is 11.6 Å². The normalized spacial score (nSPS) is 16.9. The molecule has 0 aliphatic carbocycles. The van der Waals surface area contributed by atoms with Gasteiger partial charge in [-0.3, -0.25) is 9.59 Å². The summed E-state index contributed by atoms with van der Waals surface area (Å²) < 4.78 is 28.3. The van der Waals surface area contributed by atoms with Crippen LogP contribution in [0.1, 0.15) is 44.4 Å². The van der Waals surface area contributed by atoms with Gasteiger partial charge in [0.2, 0.25) is 5.91 Å². The predicted octanol–water partition coefficient (Wildman–Crippen LogP) is 5.11. The maximum Gasteiger partial charge on any atom is 0.254 e. The second-order valence-electron chi connectivity index (χ2n) is 8.47. The number of amidine groups is 1. The molecule has 0 aromatic heterocycles. The highest BCUT2D eigenvalue weighted by Gasteiger charge is 2.42. The third-order valence-corrected chi connectivity index (χ3v) is 7.11. The van der Waals surface area contributed by atoms with Crippen LogP contribution in [0.2, 0.25) is 0 Å². The summed E-state index contributed by atoms with van der Waals surface area (Å²) in [5.41, 5.74) is 2.68. The number of halogens is 2. The Bertz CT molecular complexity index is 1250. The van der Waals surface area contributed by atoms with Crippen LogP contribution in [0.5, 0.6) is 0 Å². The number of carbonyl (C=O) groups excluding carboxylic acids is 2. The predicted molar refractivity (Wildman–Crippen MR) is 138 cm³/mol. The third-order valence-electron chi connectivity index (χ3n) is 6.23. The lowest BCUT2D eigenvalue weighted by molar-refractivity contribution is -0.127. The lowest BCUT2D eigenvalue weighted by Gasteiger charge is -2.38. The zero-order chi connectivity index (χ0) is 25.8. The first-order valence-electron chi connectivity index (χ1n) is 11.8. The van der Waals surface area contributed by atoms with Gasteiger partial charge in [-0.05, 0) is 49.9 Å². The van der Waals surface area contributed by atoms with Crippen LogP contribution in [-0.2, 0) is 16.1 Å². The van der Waals surface area contributed by atoms with Gasteiger partial charge in [-0.25, -0.2) is 13.8 Å². The van der Waals surface area contributed by atoms with Crippen molar-refractivity contribution in [3.63, 3.8) is 0 Å². The summed E-state index contributed by atoms with van der Waals surface area (Å²) >= 11 is 1.34. The van der Waals surface area contributed by atoms with Crippen molar-refractivity contribution in [3.8, 4) is 0 Å². The van der Waals surface area contributed by atoms with Crippen molar-refractivity contribution in [2.75, 3.05) is 13.1 Å². The molecule has 36 heavy (non-hydrogen) atoms. The van der Waals surface area contributed by atoms with E-state index >= 15 is 4.39 Å². The number of fused-ring (bicyclic) bond motifs is 1. The Morgan fingerprint density at radius 3 is 2.44 bits per heavy atom. The number of carbonyl (C=O) groups is 2. The Morgan fingerprint density at radius 2 is 1.78 bits per heavy atom. The van der Waals surface area contributed by atoms with Gasteiger partial charge in [0.05, 0.1) is 23.7 Å². The SMILES string of the molecule is CCN(CC)C(=O)C1=C(C)N=C2SC=C(CC(=O)NCc3ccc(F)cc3)N2C1c1ccccc1F. The summed E-state index contributed by atoms with van der Waals surface area (Å²) in [6.07, 6.45) is 0.0178. The van der Waals surface area contributed by atoms with Crippen LogP contribution in [0.3, 0.4) is 0 Å². The van der Waals surface area contributed by atoms with Crippen LogP contribution in [0.25, 0.3) is 0 Å². The van der Waals surface area contributed by atoms with Gasteiger partial charge in [0.15, 0.2) is 5.17 Å². The number of hydrogen-bond donors (Lipinski definition) is 1. The highest BCUT2D eigenvalue weighted by Crippen LogP contribution is 2.45. The molecule has 2 amide bonds. The van der Waals surface area contributed by atoms with Crippen LogP contribution in [0.15, 0.2) is 75.9 Å². The first-order chi connectivity index (χ1) is 17.3. The summed E-state index contributed by atoms with van der Waals surface area (Å²) in [4.78, 5) is 34.6. The van der Waals surface area contributed by atoms with Crippen molar-refractivity contribution in [1.82, 2.24) is 15.1 Å². The fourth-order valence-electron chi connectivity index (χ4n) is 4.35. The van der Waals surface area contributed by atoms with E-state index in [1.807, 2.05) is 19.3 Å². The Hall–Kier alpha value is -3.46. The molecule has 0 bridgehead atoms. The molecule has 2 aromatic carbocycles. The van der Waals surface area contributed by atoms with E-state index in [2.05, 4.69) is 10.3 Å². The summed E-state index contributed by atoms with van der Waals surface area (Å²) in [6.45, 7) is 6.83. The smallest absolute Gasteiger partial charge is 0.254 e. The monoisotopic (exact) mass is 510 g/mol. The van der Waals surface area contributed by atoms with E-state index in [1.54, 1.807) is 47.1 Å². The summed E-state index contributed by atoms with van der Waals surface area (Å²) in [6, 6.07) is 11.5. The number of hydrogen-bond acceptors (Lipinski definition) is 5. The molecule has 0 radical (unpaired) electrons. The Kier molecular flexibility index (Phi) is 7.88. The molecule has 0 saturated carbocycles. The van der Waals surface area contributed by atoms with Crippen LogP contribution in [-0.4, -0.2) is 39.9 Å². The quantitative estimate of drug-likeness (QED) is 0.536. The van der Waals surface area contributed by atoms with Gasteiger partial charge in [0.1, 0.15) is 11.6 Å². The molecule has 1 unspecified atom stereocenters. The average molecular weight is 511 g/mol. The van der Waals surface area contributed by atoms with Crippen molar-refractivity contribution >= 4 is 28.7 Å². The summed E-state index contributed by atoms with van der Waals surface area (Å²) in [5.74, 6) is -1.22. The standard InChI is InChI=1S/C27H28F2N4O2S/c1-4-32(5-2)26(35)24-17(3)31-27-33(25(24)21-8-6-7-9-22(21)29)20(16-36-27)14-23(34)30-15-18-10-12-19(28)13-11-18/h6-13,16,25H,4-5,14-15H2,1-3H3,(H,30,34). The maximum atomic E-state index is 15.1. The molecule has 0 spiro atoms.